The van der Waals surface area contributed by atoms with E-state index in [0.29, 0.717) is 0 Å². The van der Waals surface area contributed by atoms with Crippen LogP contribution in [0.2, 0.25) is 0 Å². The number of ether oxygens (including phenoxy) is 1. The van der Waals surface area contributed by atoms with E-state index in [2.05, 4.69) is 55.3 Å². The van der Waals surface area contributed by atoms with E-state index in [1.54, 1.807) is 7.11 Å². The van der Waals surface area contributed by atoms with Gasteiger partial charge in [-0.1, -0.05) is 12.1 Å². The molecule has 1 aromatic carbocycles. The monoisotopic (exact) mass is 301 g/mol. The third-order valence-corrected chi connectivity index (χ3v) is 3.84. The molecule has 0 unspecified atom stereocenters. The number of nitrogens with zero attached hydrogens (tertiary/aromatic N) is 3. The zero-order chi connectivity index (χ0) is 16.1. The summed E-state index contributed by atoms with van der Waals surface area (Å²) in [7, 11) is 5.95. The number of hydrogen-bond acceptors (Lipinski definition) is 3. The summed E-state index contributed by atoms with van der Waals surface area (Å²) >= 11 is 0. The summed E-state index contributed by atoms with van der Waals surface area (Å²) in [6.07, 6.45) is 2.25. The highest BCUT2D eigenvalue weighted by molar-refractivity contribution is 5.37. The van der Waals surface area contributed by atoms with Gasteiger partial charge in [0.2, 0.25) is 0 Å². The van der Waals surface area contributed by atoms with Crippen molar-refractivity contribution < 1.29 is 4.74 Å². The molecule has 2 rings (SSSR count). The molecule has 0 N–H and O–H groups in total. The van der Waals surface area contributed by atoms with Gasteiger partial charge < -0.3 is 9.64 Å². The van der Waals surface area contributed by atoms with Crippen molar-refractivity contribution in [3.63, 3.8) is 0 Å². The highest BCUT2D eigenvalue weighted by Gasteiger charge is 2.08. The summed E-state index contributed by atoms with van der Waals surface area (Å²) in [5, 5.41) is 4.55. The van der Waals surface area contributed by atoms with Gasteiger partial charge in [0.25, 0.3) is 0 Å². The van der Waals surface area contributed by atoms with Crippen molar-refractivity contribution in [3.8, 4) is 5.75 Å². The molecule has 0 saturated carbocycles. The molecule has 0 amide bonds. The van der Waals surface area contributed by atoms with Crippen LogP contribution in [-0.2, 0) is 13.0 Å². The van der Waals surface area contributed by atoms with Crippen molar-refractivity contribution in [2.75, 3.05) is 27.7 Å². The van der Waals surface area contributed by atoms with Gasteiger partial charge in [-0.15, -0.1) is 0 Å². The van der Waals surface area contributed by atoms with Crippen LogP contribution < -0.4 is 4.74 Å². The molecule has 120 valence electrons. The Labute approximate surface area is 133 Å². The van der Waals surface area contributed by atoms with Crippen LogP contribution in [0.5, 0.6) is 5.75 Å². The van der Waals surface area contributed by atoms with Gasteiger partial charge >= 0.3 is 0 Å². The molecule has 0 bridgehead atoms. The highest BCUT2D eigenvalue weighted by Crippen LogP contribution is 2.22. The maximum Gasteiger partial charge on any atom is 0.123 e. The van der Waals surface area contributed by atoms with Crippen LogP contribution in [0, 0.1) is 13.8 Å². The van der Waals surface area contributed by atoms with Gasteiger partial charge in [-0.05, 0) is 65.0 Å². The van der Waals surface area contributed by atoms with Crippen molar-refractivity contribution in [2.24, 2.45) is 0 Å². The molecule has 2 aromatic rings. The Kier molecular flexibility index (Phi) is 5.61. The summed E-state index contributed by atoms with van der Waals surface area (Å²) in [4.78, 5) is 2.22. The second-order valence-electron chi connectivity index (χ2n) is 6.14. The fraction of sp³-hybridized carbons (Fsp3) is 0.500. The summed E-state index contributed by atoms with van der Waals surface area (Å²) < 4.78 is 7.55. The van der Waals surface area contributed by atoms with E-state index in [4.69, 9.17) is 4.74 Å². The number of aromatic nitrogens is 2. The average Bonchev–Trinajstić information content (AvgIpc) is 2.77. The fourth-order valence-corrected chi connectivity index (χ4v) is 2.71. The number of aryl methyl sites for hydroxylation is 3. The second kappa shape index (κ2) is 7.45. The van der Waals surface area contributed by atoms with Gasteiger partial charge in [0.15, 0.2) is 0 Å². The van der Waals surface area contributed by atoms with Gasteiger partial charge in [0.05, 0.1) is 19.3 Å². The molecule has 0 saturated heterocycles. The molecule has 0 atom stereocenters. The van der Waals surface area contributed by atoms with E-state index in [9.17, 15) is 0 Å². The summed E-state index contributed by atoms with van der Waals surface area (Å²) in [5.74, 6) is 0.934. The van der Waals surface area contributed by atoms with Crippen molar-refractivity contribution in [2.45, 2.75) is 33.2 Å². The molecule has 0 fully saturated rings. The number of benzene rings is 1. The normalized spacial score (nSPS) is 11.2. The molecule has 22 heavy (non-hydrogen) atoms. The van der Waals surface area contributed by atoms with Crippen molar-refractivity contribution in [1.29, 1.82) is 0 Å². The predicted molar refractivity (Wildman–Crippen MR) is 90.7 cm³/mol. The molecular formula is C18H27N3O. The number of hydrogen-bond donors (Lipinski definition) is 0. The molecule has 0 spiro atoms. The zero-order valence-electron chi connectivity index (χ0n) is 14.4. The molecular weight excluding hydrogens is 274 g/mol. The van der Waals surface area contributed by atoms with E-state index >= 15 is 0 Å². The smallest absolute Gasteiger partial charge is 0.123 e. The average molecular weight is 301 g/mol. The van der Waals surface area contributed by atoms with Crippen molar-refractivity contribution in [1.82, 2.24) is 14.7 Å². The standard InChI is InChI=1S/C18H27N3O/c1-14-11-15(2)21(19-14)13-17-12-16(7-6-10-20(3)4)8-9-18(17)22-5/h8-9,11-12H,6-7,10,13H2,1-5H3. The minimum Gasteiger partial charge on any atom is -0.496 e. The van der Waals surface area contributed by atoms with Gasteiger partial charge in [0, 0.05) is 11.3 Å². The maximum absolute atomic E-state index is 5.51. The van der Waals surface area contributed by atoms with Crippen LogP contribution in [0.1, 0.15) is 28.9 Å². The lowest BCUT2D eigenvalue weighted by atomic mass is 10.1. The van der Waals surface area contributed by atoms with E-state index in [1.807, 2.05) is 11.6 Å². The van der Waals surface area contributed by atoms with Crippen LogP contribution in [-0.4, -0.2) is 42.4 Å². The first-order valence-corrected chi connectivity index (χ1v) is 7.81. The third kappa shape index (κ3) is 4.34. The Hall–Kier alpha value is -1.81. The first-order valence-electron chi connectivity index (χ1n) is 7.81. The Bertz CT molecular complexity index is 617. The predicted octanol–water partition coefficient (Wildman–Crippen LogP) is 3.05. The van der Waals surface area contributed by atoms with Crippen LogP contribution in [0.15, 0.2) is 24.3 Å². The zero-order valence-corrected chi connectivity index (χ0v) is 14.4. The van der Waals surface area contributed by atoms with Crippen molar-refractivity contribution in [3.05, 3.63) is 46.8 Å². The molecule has 1 heterocycles. The minimum atomic E-state index is 0.754. The number of rotatable bonds is 7. The fourth-order valence-electron chi connectivity index (χ4n) is 2.71. The summed E-state index contributed by atoms with van der Waals surface area (Å²) in [6.45, 7) is 5.98. The SMILES string of the molecule is COc1ccc(CCCN(C)C)cc1Cn1nc(C)cc1C. The van der Waals surface area contributed by atoms with Crippen molar-refractivity contribution >= 4 is 0 Å². The topological polar surface area (TPSA) is 30.3 Å². The quantitative estimate of drug-likeness (QED) is 0.787. The van der Waals surface area contributed by atoms with E-state index in [-0.39, 0.29) is 0 Å². The van der Waals surface area contributed by atoms with Gasteiger partial charge in [-0.25, -0.2) is 0 Å². The molecule has 1 aromatic heterocycles. The molecule has 0 aliphatic rings. The van der Waals surface area contributed by atoms with Gasteiger partial charge in [-0.2, -0.15) is 5.10 Å². The Morgan fingerprint density at radius 3 is 2.55 bits per heavy atom. The van der Waals surface area contributed by atoms with Gasteiger partial charge in [-0.3, -0.25) is 4.68 Å². The Morgan fingerprint density at radius 2 is 1.95 bits per heavy atom. The highest BCUT2D eigenvalue weighted by atomic mass is 16.5. The van der Waals surface area contributed by atoms with Crippen LogP contribution in [0.4, 0.5) is 0 Å². The second-order valence-corrected chi connectivity index (χ2v) is 6.14. The first-order chi connectivity index (χ1) is 10.5. The molecule has 4 nitrogen and oxygen atoms in total. The van der Waals surface area contributed by atoms with Crippen LogP contribution in [0.25, 0.3) is 0 Å². The molecule has 0 radical (unpaired) electrons. The Morgan fingerprint density at radius 1 is 1.18 bits per heavy atom. The van der Waals surface area contributed by atoms with Crippen LogP contribution in [0.3, 0.4) is 0 Å². The van der Waals surface area contributed by atoms with Crippen LogP contribution >= 0.6 is 0 Å². The lowest BCUT2D eigenvalue weighted by molar-refractivity contribution is 0.399. The summed E-state index contributed by atoms with van der Waals surface area (Å²) in [6, 6.07) is 8.60. The number of methoxy groups -OCH3 is 1. The van der Waals surface area contributed by atoms with E-state index < -0.39 is 0 Å². The van der Waals surface area contributed by atoms with E-state index in [0.717, 1.165) is 31.0 Å². The third-order valence-electron chi connectivity index (χ3n) is 3.84. The lowest BCUT2D eigenvalue weighted by Gasteiger charge is -2.13. The summed E-state index contributed by atoms with van der Waals surface area (Å²) in [5.41, 5.74) is 4.78. The van der Waals surface area contributed by atoms with E-state index in [1.165, 1.54) is 23.2 Å². The maximum atomic E-state index is 5.51. The molecule has 0 aliphatic heterocycles. The Balaban J connectivity index is 2.15. The molecule has 4 heteroatoms. The molecule has 0 aliphatic carbocycles. The largest absolute Gasteiger partial charge is 0.496 e. The first kappa shape index (κ1) is 16.6. The minimum absolute atomic E-state index is 0.754. The van der Waals surface area contributed by atoms with Gasteiger partial charge in [0.1, 0.15) is 5.75 Å². The lowest BCUT2D eigenvalue weighted by Crippen LogP contribution is -2.13.